The summed E-state index contributed by atoms with van der Waals surface area (Å²) < 4.78 is 25.7. The van der Waals surface area contributed by atoms with Crippen molar-refractivity contribution in [2.24, 2.45) is 0 Å². The van der Waals surface area contributed by atoms with Crippen LogP contribution in [0, 0.1) is 0 Å². The van der Waals surface area contributed by atoms with Crippen LogP contribution in [0.1, 0.15) is 5.56 Å². The average molecular weight is 361 g/mol. The Hall–Kier alpha value is -1.65. The number of hydrogen-bond acceptors (Lipinski definition) is 2. The minimum Gasteiger partial charge on any atom is -0.218 e. The molecule has 0 atom stereocenters. The third kappa shape index (κ3) is 2.61. The molecule has 0 aliphatic heterocycles. The predicted octanol–water partition coefficient (Wildman–Crippen LogP) is 4.57. The van der Waals surface area contributed by atoms with Gasteiger partial charge in [0.25, 0.3) is 0 Å². The van der Waals surface area contributed by atoms with Gasteiger partial charge < -0.3 is 0 Å². The van der Waals surface area contributed by atoms with Crippen molar-refractivity contribution in [3.05, 3.63) is 72.3 Å². The standard InChI is InChI=1S/C17H13BrO2S/c18-12-13-8-10-15(11-9-13)21(19,20)17-7-3-5-14-4-1-2-6-16(14)17/h1-11H,12H2. The van der Waals surface area contributed by atoms with Crippen molar-refractivity contribution in [2.45, 2.75) is 15.1 Å². The quantitative estimate of drug-likeness (QED) is 0.641. The van der Waals surface area contributed by atoms with Gasteiger partial charge in [-0.05, 0) is 29.1 Å². The molecule has 0 amide bonds. The van der Waals surface area contributed by atoms with E-state index in [1.807, 2.05) is 42.5 Å². The molecule has 4 heteroatoms. The molecule has 0 heterocycles. The number of sulfone groups is 1. The predicted molar refractivity (Wildman–Crippen MR) is 88.5 cm³/mol. The van der Waals surface area contributed by atoms with Gasteiger partial charge in [0, 0.05) is 10.7 Å². The van der Waals surface area contributed by atoms with Crippen molar-refractivity contribution in [3.8, 4) is 0 Å². The Kier molecular flexibility index (Phi) is 3.83. The number of hydrogen-bond donors (Lipinski definition) is 0. The van der Waals surface area contributed by atoms with Crippen LogP contribution in [0.25, 0.3) is 10.8 Å². The summed E-state index contributed by atoms with van der Waals surface area (Å²) in [6, 6.07) is 19.9. The summed E-state index contributed by atoms with van der Waals surface area (Å²) >= 11 is 3.36. The Labute approximate surface area is 132 Å². The lowest BCUT2D eigenvalue weighted by Gasteiger charge is -2.08. The molecule has 3 rings (SSSR count). The van der Waals surface area contributed by atoms with Gasteiger partial charge in [0.05, 0.1) is 9.79 Å². The fraction of sp³-hybridized carbons (Fsp3) is 0.0588. The Balaban J connectivity index is 2.20. The zero-order chi connectivity index (χ0) is 14.9. The van der Waals surface area contributed by atoms with Gasteiger partial charge in [-0.2, -0.15) is 0 Å². The highest BCUT2D eigenvalue weighted by atomic mass is 79.9. The summed E-state index contributed by atoms with van der Waals surface area (Å²) in [6.45, 7) is 0. The molecule has 0 saturated heterocycles. The van der Waals surface area contributed by atoms with E-state index in [4.69, 9.17) is 0 Å². The number of fused-ring (bicyclic) bond motifs is 1. The maximum absolute atomic E-state index is 12.8. The Bertz CT molecular complexity index is 879. The molecule has 3 aromatic carbocycles. The molecule has 0 radical (unpaired) electrons. The third-order valence-electron chi connectivity index (χ3n) is 3.43. The molecule has 0 N–H and O–H groups in total. The lowest BCUT2D eigenvalue weighted by atomic mass is 10.1. The molecule has 0 aliphatic carbocycles. The highest BCUT2D eigenvalue weighted by Crippen LogP contribution is 2.28. The van der Waals surface area contributed by atoms with E-state index < -0.39 is 9.84 Å². The van der Waals surface area contributed by atoms with E-state index >= 15 is 0 Å². The molecule has 3 aromatic rings. The van der Waals surface area contributed by atoms with Crippen LogP contribution >= 0.6 is 15.9 Å². The first-order valence-electron chi connectivity index (χ1n) is 6.51. The molecule has 0 spiro atoms. The van der Waals surface area contributed by atoms with Crippen LogP contribution in [-0.4, -0.2) is 8.42 Å². The highest BCUT2D eigenvalue weighted by molar-refractivity contribution is 9.08. The molecule has 2 nitrogen and oxygen atoms in total. The fourth-order valence-corrected chi connectivity index (χ4v) is 4.17. The van der Waals surface area contributed by atoms with Gasteiger partial charge >= 0.3 is 0 Å². The first-order chi connectivity index (χ1) is 10.1. The zero-order valence-electron chi connectivity index (χ0n) is 11.2. The first kappa shape index (κ1) is 14.3. The van der Waals surface area contributed by atoms with Gasteiger partial charge in [0.15, 0.2) is 0 Å². The Morgan fingerprint density at radius 3 is 2.19 bits per heavy atom. The molecular weight excluding hydrogens is 348 g/mol. The minimum absolute atomic E-state index is 0.323. The van der Waals surface area contributed by atoms with E-state index in [0.717, 1.165) is 16.3 Å². The summed E-state index contributed by atoms with van der Waals surface area (Å²) in [5.74, 6) is 0. The van der Waals surface area contributed by atoms with Crippen molar-refractivity contribution in [2.75, 3.05) is 0 Å². The monoisotopic (exact) mass is 360 g/mol. The second-order valence-corrected chi connectivity index (χ2v) is 7.24. The van der Waals surface area contributed by atoms with Gasteiger partial charge in [-0.1, -0.05) is 64.5 Å². The molecule has 0 aliphatic rings. The van der Waals surface area contributed by atoms with Gasteiger partial charge in [-0.3, -0.25) is 0 Å². The number of rotatable bonds is 3. The van der Waals surface area contributed by atoms with Crippen molar-refractivity contribution in [1.29, 1.82) is 0 Å². The van der Waals surface area contributed by atoms with Gasteiger partial charge in [-0.25, -0.2) is 8.42 Å². The third-order valence-corrected chi connectivity index (χ3v) is 5.90. The van der Waals surface area contributed by atoms with Crippen molar-refractivity contribution in [1.82, 2.24) is 0 Å². The van der Waals surface area contributed by atoms with E-state index in [0.29, 0.717) is 15.1 Å². The molecule has 0 saturated carbocycles. The normalized spacial score (nSPS) is 11.7. The van der Waals surface area contributed by atoms with Crippen molar-refractivity contribution < 1.29 is 8.42 Å². The van der Waals surface area contributed by atoms with Crippen LogP contribution < -0.4 is 0 Å². The van der Waals surface area contributed by atoms with Crippen LogP contribution in [-0.2, 0) is 15.2 Å². The maximum Gasteiger partial charge on any atom is 0.207 e. The summed E-state index contributed by atoms with van der Waals surface area (Å²) in [5.41, 5.74) is 1.05. The second kappa shape index (κ2) is 5.62. The summed E-state index contributed by atoms with van der Waals surface area (Å²) in [7, 11) is -3.51. The number of halogens is 1. The van der Waals surface area contributed by atoms with Crippen molar-refractivity contribution >= 4 is 36.5 Å². The zero-order valence-corrected chi connectivity index (χ0v) is 13.6. The van der Waals surface area contributed by atoms with E-state index in [9.17, 15) is 8.42 Å². The van der Waals surface area contributed by atoms with Crippen molar-refractivity contribution in [3.63, 3.8) is 0 Å². The van der Waals surface area contributed by atoms with Gasteiger partial charge in [0.1, 0.15) is 0 Å². The molecule has 0 bridgehead atoms. The molecule has 0 fully saturated rings. The largest absolute Gasteiger partial charge is 0.218 e. The van der Waals surface area contributed by atoms with Gasteiger partial charge in [0.2, 0.25) is 9.84 Å². The van der Waals surface area contributed by atoms with Crippen LogP contribution in [0.3, 0.4) is 0 Å². The average Bonchev–Trinajstić information content (AvgIpc) is 2.54. The molecule has 0 unspecified atom stereocenters. The highest BCUT2D eigenvalue weighted by Gasteiger charge is 2.19. The topological polar surface area (TPSA) is 34.1 Å². The van der Waals surface area contributed by atoms with E-state index in [2.05, 4.69) is 15.9 Å². The van der Waals surface area contributed by atoms with Crippen LogP contribution in [0.4, 0.5) is 0 Å². The van der Waals surface area contributed by atoms with Crippen LogP contribution in [0.2, 0.25) is 0 Å². The SMILES string of the molecule is O=S(=O)(c1ccc(CBr)cc1)c1cccc2ccccc12. The second-order valence-electron chi connectivity index (χ2n) is 4.76. The smallest absolute Gasteiger partial charge is 0.207 e. The Morgan fingerprint density at radius 1 is 0.810 bits per heavy atom. The summed E-state index contributed by atoms with van der Waals surface area (Å²) in [4.78, 5) is 0.677. The van der Waals surface area contributed by atoms with Gasteiger partial charge in [-0.15, -0.1) is 0 Å². The number of alkyl halides is 1. The van der Waals surface area contributed by atoms with Crippen LogP contribution in [0.15, 0.2) is 76.5 Å². The van der Waals surface area contributed by atoms with E-state index in [1.165, 1.54) is 0 Å². The Morgan fingerprint density at radius 2 is 1.48 bits per heavy atom. The maximum atomic E-state index is 12.8. The molecule has 21 heavy (non-hydrogen) atoms. The summed E-state index contributed by atoms with van der Waals surface area (Å²) in [6.07, 6.45) is 0. The molecule has 106 valence electrons. The molecular formula is C17H13BrO2S. The fourth-order valence-electron chi connectivity index (χ4n) is 2.31. The minimum atomic E-state index is -3.51. The molecule has 0 aromatic heterocycles. The van der Waals surface area contributed by atoms with E-state index in [1.54, 1.807) is 24.3 Å². The summed E-state index contributed by atoms with van der Waals surface area (Å²) in [5, 5.41) is 2.39. The first-order valence-corrected chi connectivity index (χ1v) is 9.11. The van der Waals surface area contributed by atoms with Crippen LogP contribution in [0.5, 0.6) is 0 Å². The lowest BCUT2D eigenvalue weighted by molar-refractivity contribution is 0.597. The lowest BCUT2D eigenvalue weighted by Crippen LogP contribution is -2.02. The number of benzene rings is 3. The van der Waals surface area contributed by atoms with E-state index in [-0.39, 0.29) is 0 Å².